The Kier molecular flexibility index (Phi) is 18.4. The summed E-state index contributed by atoms with van der Waals surface area (Å²) in [6.45, 7) is 10.5. The van der Waals surface area contributed by atoms with Gasteiger partial charge in [0.25, 0.3) is 11.7 Å². The highest BCUT2D eigenvalue weighted by molar-refractivity contribution is 6.39. The van der Waals surface area contributed by atoms with Crippen molar-refractivity contribution in [1.29, 1.82) is 0 Å². The number of carbonyl (C=O) groups excluding carboxylic acids is 5. The predicted molar refractivity (Wildman–Crippen MR) is 222 cm³/mol. The number of hydrogen-bond donors (Lipinski definition) is 3. The van der Waals surface area contributed by atoms with E-state index in [0.717, 1.165) is 10.5 Å². The number of fused-ring (bicyclic) bond motifs is 3. The number of rotatable bonds is 8. The Labute approximate surface area is 356 Å². The van der Waals surface area contributed by atoms with E-state index in [1.165, 1.54) is 27.2 Å². The molecular weight excluding hydrogens is 774 g/mol. The fraction of sp³-hybridized carbons (Fsp3) is 0.761. The normalized spacial score (nSPS) is 39.7. The van der Waals surface area contributed by atoms with Crippen molar-refractivity contribution >= 4 is 29.2 Å². The third kappa shape index (κ3) is 12.3. The predicted octanol–water partition coefficient (Wildman–Crippen LogP) is 4.60. The lowest BCUT2D eigenvalue weighted by atomic mass is 9.81. The van der Waals surface area contributed by atoms with Crippen LogP contribution in [0.5, 0.6) is 0 Å². The molecule has 4 rings (SSSR count). The fourth-order valence-corrected chi connectivity index (χ4v) is 9.63. The van der Waals surface area contributed by atoms with Crippen LogP contribution in [-0.2, 0) is 47.7 Å². The number of allylic oxidation sites excluding steroid dienone is 5. The van der Waals surface area contributed by atoms with E-state index >= 15 is 0 Å². The van der Waals surface area contributed by atoms with Crippen LogP contribution in [0.3, 0.4) is 0 Å². The number of Topliss-reactive ketones (excluding diaryl/α,β-unsaturated/α-hetero) is 2. The van der Waals surface area contributed by atoms with Crippen molar-refractivity contribution in [1.82, 2.24) is 4.90 Å². The number of aliphatic hydroxyl groups is 3. The molecule has 3 heterocycles. The lowest BCUT2D eigenvalue weighted by Gasteiger charge is -2.47. The molecule has 14 heteroatoms. The van der Waals surface area contributed by atoms with Crippen molar-refractivity contribution in [2.24, 2.45) is 29.6 Å². The van der Waals surface area contributed by atoms with E-state index in [1.54, 1.807) is 34.0 Å². The smallest absolute Gasteiger partial charge is 0.329 e. The van der Waals surface area contributed by atoms with Crippen LogP contribution in [0.1, 0.15) is 112 Å². The van der Waals surface area contributed by atoms with Crippen molar-refractivity contribution in [2.45, 2.75) is 167 Å². The van der Waals surface area contributed by atoms with E-state index in [9.17, 15) is 39.3 Å². The number of carbonyl (C=O) groups is 5. The van der Waals surface area contributed by atoms with E-state index < -0.39 is 83.9 Å². The summed E-state index contributed by atoms with van der Waals surface area (Å²) < 4.78 is 29.8. The topological polar surface area (TPSA) is 195 Å². The highest BCUT2D eigenvalue weighted by atomic mass is 16.7. The van der Waals surface area contributed by atoms with Gasteiger partial charge in [-0.1, -0.05) is 44.6 Å². The Morgan fingerprint density at radius 1 is 0.900 bits per heavy atom. The second-order valence-corrected chi connectivity index (χ2v) is 18.0. The molecule has 0 radical (unpaired) electrons. The van der Waals surface area contributed by atoms with Crippen molar-refractivity contribution in [3.63, 3.8) is 0 Å². The summed E-state index contributed by atoms with van der Waals surface area (Å²) in [5, 5.41) is 34.3. The van der Waals surface area contributed by atoms with Gasteiger partial charge in [0.2, 0.25) is 5.79 Å². The number of nitrogens with zero attached hydrogens (tertiary/aromatic N) is 1. The van der Waals surface area contributed by atoms with Crippen molar-refractivity contribution in [2.75, 3.05) is 27.9 Å². The van der Waals surface area contributed by atoms with Gasteiger partial charge < -0.3 is 43.9 Å². The third-order valence-electron chi connectivity index (χ3n) is 13.2. The molecule has 338 valence electrons. The number of amides is 1. The molecule has 0 spiro atoms. The summed E-state index contributed by atoms with van der Waals surface area (Å²) in [6, 6.07) is -1.17. The molecule has 0 aromatic rings. The molecule has 1 amide bonds. The monoisotopic (exact) mass is 845 g/mol. The zero-order chi connectivity index (χ0) is 44.5. The Bertz CT molecular complexity index is 1610. The van der Waals surface area contributed by atoms with E-state index in [1.807, 2.05) is 26.0 Å². The van der Waals surface area contributed by atoms with Crippen LogP contribution < -0.4 is 0 Å². The molecule has 60 heavy (non-hydrogen) atoms. The molecule has 14 atom stereocenters. The minimum absolute atomic E-state index is 0.0380. The van der Waals surface area contributed by atoms with Gasteiger partial charge in [-0.2, -0.15) is 0 Å². The number of ether oxygens (including phenoxy) is 5. The Hall–Kier alpha value is -3.11. The zero-order valence-electron chi connectivity index (χ0n) is 37.2. The molecule has 3 N–H and O–H groups in total. The average Bonchev–Trinajstić information content (AvgIpc) is 3.21. The first-order valence-electron chi connectivity index (χ1n) is 21.8. The minimum atomic E-state index is -2.54. The maximum Gasteiger partial charge on any atom is 0.329 e. The number of piperidine rings is 1. The molecule has 0 aromatic heterocycles. The van der Waals surface area contributed by atoms with Gasteiger partial charge in [-0.05, 0) is 108 Å². The Morgan fingerprint density at radius 2 is 1.57 bits per heavy atom. The van der Waals surface area contributed by atoms with Gasteiger partial charge in [0.05, 0.1) is 30.5 Å². The van der Waals surface area contributed by atoms with E-state index in [4.69, 9.17) is 23.7 Å². The highest BCUT2D eigenvalue weighted by Gasteiger charge is 2.56. The summed E-state index contributed by atoms with van der Waals surface area (Å²) in [5.74, 6) is -8.36. The van der Waals surface area contributed by atoms with Crippen LogP contribution in [0.15, 0.2) is 35.5 Å². The summed E-state index contributed by atoms with van der Waals surface area (Å²) >= 11 is 0. The SMILES string of the molecule is CO[C@H]1C[C@@H](C)C/C(C)=C/[C@@H](C/C=C/C(C)=O)C(=O)C[C@H](O)[C@@H](C)[C@@H](/C(C)=C/[C@@H]2CC[C@@H](O)[C@H](OC)C2)OC(=O)C2CCCCN2C(=O)C(=O)[C@]2(O)O[C@H]1[C@@H](OC)C[C@H]2C. The van der Waals surface area contributed by atoms with Gasteiger partial charge in [0, 0.05) is 52.0 Å². The first-order valence-corrected chi connectivity index (χ1v) is 21.8. The molecule has 1 saturated carbocycles. The summed E-state index contributed by atoms with van der Waals surface area (Å²) in [7, 11) is 4.57. The molecule has 1 unspecified atom stereocenters. The van der Waals surface area contributed by atoms with Gasteiger partial charge in [0.1, 0.15) is 24.0 Å². The van der Waals surface area contributed by atoms with Crippen molar-refractivity contribution < 1.29 is 63.0 Å². The van der Waals surface area contributed by atoms with E-state index in [-0.39, 0.29) is 61.7 Å². The quantitative estimate of drug-likeness (QED) is 0.133. The van der Waals surface area contributed by atoms with Gasteiger partial charge in [-0.3, -0.25) is 19.2 Å². The fourth-order valence-electron chi connectivity index (χ4n) is 9.63. The van der Waals surface area contributed by atoms with Crippen LogP contribution in [0, 0.1) is 29.6 Å². The minimum Gasteiger partial charge on any atom is -0.456 e. The lowest BCUT2D eigenvalue weighted by Crippen LogP contribution is -2.64. The van der Waals surface area contributed by atoms with Gasteiger partial charge in [0.15, 0.2) is 5.78 Å². The second kappa shape index (κ2) is 22.3. The molecular formula is C46H71NO13. The van der Waals surface area contributed by atoms with Crippen molar-refractivity contribution in [3.05, 3.63) is 35.5 Å². The largest absolute Gasteiger partial charge is 0.456 e. The van der Waals surface area contributed by atoms with Gasteiger partial charge in [-0.25, -0.2) is 4.79 Å². The molecule has 14 nitrogen and oxygen atoms in total. The first kappa shape index (κ1) is 49.5. The van der Waals surface area contributed by atoms with Gasteiger partial charge >= 0.3 is 5.97 Å². The molecule has 3 aliphatic heterocycles. The molecule has 3 fully saturated rings. The lowest BCUT2D eigenvalue weighted by molar-refractivity contribution is -0.302. The Morgan fingerprint density at radius 3 is 2.22 bits per heavy atom. The molecule has 2 saturated heterocycles. The van der Waals surface area contributed by atoms with Crippen molar-refractivity contribution in [3.8, 4) is 0 Å². The van der Waals surface area contributed by atoms with E-state index in [2.05, 4.69) is 0 Å². The molecule has 1 aliphatic carbocycles. The number of cyclic esters (lactones) is 1. The molecule has 2 bridgehead atoms. The number of ketones is 3. The standard InChI is InChI=1S/C46H71NO13/c1-26-19-27(2)21-39(57-8)42-40(58-9)23-29(4)46(55,60-42)43(52)44(53)47-18-11-10-15-34(47)45(54)59-41(28(3)22-32-16-17-35(49)38(24-32)56-7)31(6)36(50)25-37(51)33(20-26)14-12-13-30(5)48/h12-13,20,22,27,29,31-36,38-42,49-50,55H,10-11,14-19,21,23-25H2,1-9H3/b13-12+,26-20+,28-22+/t27-,29+,31+,32-,33+,34?,35+,36-,38+,39-,40-,41+,42+,46+/m0/s1. The Balaban J connectivity index is 1.80. The van der Waals surface area contributed by atoms with Crippen LogP contribution in [-0.4, -0.2) is 132 Å². The molecule has 4 aliphatic rings. The number of esters is 1. The van der Waals surface area contributed by atoms with Crippen LogP contribution in [0.2, 0.25) is 0 Å². The first-order chi connectivity index (χ1) is 28.3. The van der Waals surface area contributed by atoms with Crippen LogP contribution in [0.25, 0.3) is 0 Å². The number of aliphatic hydroxyl groups excluding tert-OH is 2. The number of hydrogen-bond acceptors (Lipinski definition) is 13. The number of methoxy groups -OCH3 is 3. The van der Waals surface area contributed by atoms with Crippen LogP contribution >= 0.6 is 0 Å². The van der Waals surface area contributed by atoms with Gasteiger partial charge in [-0.15, -0.1) is 0 Å². The third-order valence-corrected chi connectivity index (χ3v) is 13.2. The maximum atomic E-state index is 14.4. The second-order valence-electron chi connectivity index (χ2n) is 18.0. The summed E-state index contributed by atoms with van der Waals surface area (Å²) in [6.07, 6.45) is 5.57. The summed E-state index contributed by atoms with van der Waals surface area (Å²) in [5.41, 5.74) is 1.52. The average molecular weight is 846 g/mol. The zero-order valence-corrected chi connectivity index (χ0v) is 37.2. The maximum absolute atomic E-state index is 14.4. The van der Waals surface area contributed by atoms with Crippen LogP contribution in [0.4, 0.5) is 0 Å². The molecule has 0 aromatic carbocycles. The van der Waals surface area contributed by atoms with E-state index in [0.29, 0.717) is 50.5 Å². The highest BCUT2D eigenvalue weighted by Crippen LogP contribution is 2.39. The summed E-state index contributed by atoms with van der Waals surface area (Å²) in [4.78, 5) is 70.0.